The minimum atomic E-state index is -1.41. The number of hydrogen-bond donors (Lipinski definition) is 1. The minimum absolute atomic E-state index is 0.0698. The third kappa shape index (κ3) is 4.68. The molecule has 3 aromatic carbocycles. The number of fused-ring (bicyclic) bond motifs is 2. The molecule has 6 nitrogen and oxygen atoms in total. The third-order valence-corrected chi connectivity index (χ3v) is 7.74. The van der Waals surface area contributed by atoms with Gasteiger partial charge in [-0.15, -0.1) is 0 Å². The summed E-state index contributed by atoms with van der Waals surface area (Å²) in [5.74, 6) is 0.442. The van der Waals surface area contributed by atoms with Crippen LogP contribution in [-0.2, 0) is 23.2 Å². The van der Waals surface area contributed by atoms with Crippen molar-refractivity contribution in [2.24, 2.45) is 0 Å². The summed E-state index contributed by atoms with van der Waals surface area (Å²) in [7, 11) is 0. The number of aromatic nitrogens is 1. The number of amides is 1. The molecule has 0 aliphatic carbocycles. The summed E-state index contributed by atoms with van der Waals surface area (Å²) >= 11 is 0. The van der Waals surface area contributed by atoms with Gasteiger partial charge in [-0.25, -0.2) is 0 Å². The predicted molar refractivity (Wildman–Crippen MR) is 149 cm³/mol. The second kappa shape index (κ2) is 9.71. The topological polar surface area (TPSA) is 80.6 Å². The van der Waals surface area contributed by atoms with E-state index in [4.69, 9.17) is 4.42 Å². The van der Waals surface area contributed by atoms with Gasteiger partial charge in [0.25, 0.3) is 0 Å². The number of benzene rings is 3. The fourth-order valence-corrected chi connectivity index (χ4v) is 5.62. The highest BCUT2D eigenvalue weighted by Gasteiger charge is 2.33. The maximum absolute atomic E-state index is 13.8. The first kappa shape index (κ1) is 24.9. The fourth-order valence-electron chi connectivity index (χ4n) is 5.62. The summed E-state index contributed by atoms with van der Waals surface area (Å²) in [6.07, 6.45) is 3.79. The van der Waals surface area contributed by atoms with Crippen molar-refractivity contribution < 1.29 is 19.0 Å². The molecular weight excluding hydrogens is 488 g/mol. The second-order valence-electron chi connectivity index (χ2n) is 10.5. The Morgan fingerprint density at radius 3 is 2.59 bits per heavy atom. The van der Waals surface area contributed by atoms with E-state index < -0.39 is 5.60 Å². The molecule has 196 valence electrons. The maximum atomic E-state index is 13.8. The Balaban J connectivity index is 1.28. The van der Waals surface area contributed by atoms with Crippen LogP contribution < -0.4 is 4.73 Å². The number of aliphatic hydroxyl groups is 1. The van der Waals surface area contributed by atoms with Crippen molar-refractivity contribution in [2.45, 2.75) is 38.3 Å². The predicted octanol–water partition coefficient (Wildman–Crippen LogP) is 5.35. The Morgan fingerprint density at radius 1 is 1.05 bits per heavy atom. The molecule has 1 aliphatic heterocycles. The van der Waals surface area contributed by atoms with Gasteiger partial charge in [0.15, 0.2) is 12.4 Å². The lowest BCUT2D eigenvalue weighted by atomic mass is 9.87. The molecule has 0 bridgehead atoms. The maximum Gasteiger partial charge on any atom is 0.227 e. The monoisotopic (exact) mass is 518 g/mol. The lowest BCUT2D eigenvalue weighted by Crippen LogP contribution is -2.41. The van der Waals surface area contributed by atoms with Crippen molar-refractivity contribution in [2.75, 3.05) is 6.54 Å². The van der Waals surface area contributed by atoms with Crippen molar-refractivity contribution in [3.8, 4) is 0 Å². The Labute approximate surface area is 227 Å². The van der Waals surface area contributed by atoms with Crippen molar-refractivity contribution in [1.82, 2.24) is 4.90 Å². The van der Waals surface area contributed by atoms with Crippen molar-refractivity contribution in [1.29, 1.82) is 0 Å². The number of aryl methyl sites for hydroxylation is 1. The third-order valence-electron chi connectivity index (χ3n) is 7.74. The van der Waals surface area contributed by atoms with Crippen LogP contribution in [0, 0.1) is 12.1 Å². The lowest BCUT2D eigenvalue weighted by molar-refractivity contribution is -0.605. The van der Waals surface area contributed by atoms with Gasteiger partial charge in [0, 0.05) is 29.6 Å². The van der Waals surface area contributed by atoms with E-state index in [0.717, 1.165) is 22.9 Å². The smallest absolute Gasteiger partial charge is 0.227 e. The van der Waals surface area contributed by atoms with Gasteiger partial charge >= 0.3 is 0 Å². The van der Waals surface area contributed by atoms with Crippen LogP contribution in [0.5, 0.6) is 0 Å². The molecule has 0 radical (unpaired) electrons. The average Bonchev–Trinajstić information content (AvgIpc) is 3.37. The van der Waals surface area contributed by atoms with Gasteiger partial charge in [0.2, 0.25) is 5.91 Å². The molecule has 1 N–H and O–H groups in total. The normalized spacial score (nSPS) is 16.6. The first-order valence-corrected chi connectivity index (χ1v) is 13.2. The number of carbonyl (C=O) groups excluding carboxylic acids is 1. The van der Waals surface area contributed by atoms with E-state index in [1.807, 2.05) is 41.3 Å². The van der Waals surface area contributed by atoms with Crippen LogP contribution in [-0.4, -0.2) is 22.5 Å². The zero-order valence-corrected chi connectivity index (χ0v) is 22.0. The standard InChI is InChI=1S/C33H30N2O4/c1-22-8-10-28-25(18-22)12-17-35(32(28)24-6-4-3-5-7-24)31(36)20-23-9-11-29-26(19-23)21-30(39-29)33(2,37)27-13-15-34(38)16-14-27/h3-11,13-16,18-19,21,32,37H,12,17,20H2,1-2H3/t32-,33+/m1/s1. The number of rotatable bonds is 5. The summed E-state index contributed by atoms with van der Waals surface area (Å²) in [6.45, 7) is 4.41. The van der Waals surface area contributed by atoms with E-state index in [1.54, 1.807) is 25.1 Å². The number of carbonyl (C=O) groups is 1. The van der Waals surface area contributed by atoms with E-state index in [1.165, 1.54) is 29.1 Å². The molecule has 1 aliphatic rings. The summed E-state index contributed by atoms with van der Waals surface area (Å²) in [6, 6.07) is 27.3. The molecule has 2 aromatic heterocycles. The van der Waals surface area contributed by atoms with Crippen LogP contribution in [0.3, 0.4) is 0 Å². The second-order valence-corrected chi connectivity index (χ2v) is 10.5. The van der Waals surface area contributed by atoms with Crippen LogP contribution in [0.4, 0.5) is 0 Å². The first-order valence-electron chi connectivity index (χ1n) is 13.2. The summed E-state index contributed by atoms with van der Waals surface area (Å²) < 4.78 is 6.66. The summed E-state index contributed by atoms with van der Waals surface area (Å²) in [5, 5.41) is 23.4. The van der Waals surface area contributed by atoms with Crippen molar-refractivity contribution in [3.05, 3.63) is 142 Å². The van der Waals surface area contributed by atoms with Gasteiger partial charge in [-0.1, -0.05) is 60.2 Å². The highest BCUT2D eigenvalue weighted by Crippen LogP contribution is 2.37. The summed E-state index contributed by atoms with van der Waals surface area (Å²) in [5.41, 5.74) is 5.48. The molecule has 0 saturated heterocycles. The molecule has 0 fully saturated rings. The quantitative estimate of drug-likeness (QED) is 0.251. The van der Waals surface area contributed by atoms with Crippen molar-refractivity contribution >= 4 is 16.9 Å². The molecular formula is C33H30N2O4. The lowest BCUT2D eigenvalue weighted by Gasteiger charge is -2.38. The minimum Gasteiger partial charge on any atom is -0.619 e. The van der Waals surface area contributed by atoms with E-state index in [9.17, 15) is 15.1 Å². The highest BCUT2D eigenvalue weighted by atomic mass is 16.5. The molecule has 0 saturated carbocycles. The zero-order chi connectivity index (χ0) is 27.1. The Kier molecular flexibility index (Phi) is 6.20. The van der Waals surface area contributed by atoms with Crippen molar-refractivity contribution in [3.63, 3.8) is 0 Å². The molecule has 2 atom stereocenters. The summed E-state index contributed by atoms with van der Waals surface area (Å²) in [4.78, 5) is 15.8. The molecule has 39 heavy (non-hydrogen) atoms. The van der Waals surface area contributed by atoms with Gasteiger partial charge in [0.1, 0.15) is 16.9 Å². The average molecular weight is 519 g/mol. The zero-order valence-electron chi connectivity index (χ0n) is 22.0. The van der Waals surface area contributed by atoms with Gasteiger partial charge < -0.3 is 19.6 Å². The van der Waals surface area contributed by atoms with Crippen LogP contribution in [0.2, 0.25) is 0 Å². The Bertz CT molecular complexity index is 1660. The van der Waals surface area contributed by atoms with E-state index in [2.05, 4.69) is 37.3 Å². The molecule has 1 amide bonds. The van der Waals surface area contributed by atoms with E-state index in [0.29, 0.717) is 28.2 Å². The highest BCUT2D eigenvalue weighted by molar-refractivity contribution is 5.84. The van der Waals surface area contributed by atoms with Gasteiger partial charge in [-0.3, -0.25) is 4.79 Å². The largest absolute Gasteiger partial charge is 0.619 e. The number of nitrogens with zero attached hydrogens (tertiary/aromatic N) is 2. The Hall–Kier alpha value is -4.42. The molecule has 6 rings (SSSR count). The SMILES string of the molecule is Cc1ccc2c(c1)CCN(C(=O)Cc1ccc3oc([C@@](C)(O)c4cc[n+]([O-])cc4)cc3c1)[C@@H]2c1ccccc1. The van der Waals surface area contributed by atoms with E-state index >= 15 is 0 Å². The molecule has 0 spiro atoms. The number of pyridine rings is 1. The van der Waals surface area contributed by atoms with Gasteiger partial charge in [-0.05, 0) is 60.7 Å². The molecule has 5 aromatic rings. The number of hydrogen-bond acceptors (Lipinski definition) is 4. The van der Waals surface area contributed by atoms with Crippen LogP contribution in [0.25, 0.3) is 11.0 Å². The Morgan fingerprint density at radius 2 is 1.82 bits per heavy atom. The van der Waals surface area contributed by atoms with Gasteiger partial charge in [0.05, 0.1) is 12.5 Å². The molecule has 0 unspecified atom stereocenters. The van der Waals surface area contributed by atoms with Crippen LogP contribution in [0.15, 0.2) is 102 Å². The number of furan rings is 1. The molecule has 6 heteroatoms. The van der Waals surface area contributed by atoms with Crippen LogP contribution >= 0.6 is 0 Å². The fraction of sp³-hybridized carbons (Fsp3) is 0.212. The molecule has 3 heterocycles. The van der Waals surface area contributed by atoms with Crippen LogP contribution in [0.1, 0.15) is 52.1 Å². The van der Waals surface area contributed by atoms with Gasteiger partial charge in [-0.2, -0.15) is 4.73 Å². The van der Waals surface area contributed by atoms with E-state index in [-0.39, 0.29) is 18.4 Å². The first-order chi connectivity index (χ1) is 18.8.